The van der Waals surface area contributed by atoms with E-state index in [4.69, 9.17) is 11.6 Å². The first-order valence-corrected chi connectivity index (χ1v) is 8.21. The molecule has 112 valence electrons. The van der Waals surface area contributed by atoms with Gasteiger partial charge < -0.3 is 10.4 Å². The zero-order valence-electron chi connectivity index (χ0n) is 12.0. The average Bonchev–Trinajstić information content (AvgIpc) is 2.40. The van der Waals surface area contributed by atoms with Crippen LogP contribution in [0.3, 0.4) is 0 Å². The van der Waals surface area contributed by atoms with Crippen LogP contribution >= 0.6 is 23.4 Å². The second-order valence-electron chi connectivity index (χ2n) is 4.90. The molecule has 0 spiro atoms. The molecule has 0 saturated carbocycles. The minimum atomic E-state index is -0.816. The molecule has 1 aromatic rings. The molecule has 5 heteroatoms. The Morgan fingerprint density at radius 3 is 2.70 bits per heavy atom. The smallest absolute Gasteiger partial charge is 0.323 e. The number of carboxylic acids is 1. The summed E-state index contributed by atoms with van der Waals surface area (Å²) in [6.07, 6.45) is 2.50. The molecule has 0 radical (unpaired) electrons. The van der Waals surface area contributed by atoms with Gasteiger partial charge in [0, 0.05) is 4.90 Å². The lowest BCUT2D eigenvalue weighted by Crippen LogP contribution is -2.49. The van der Waals surface area contributed by atoms with E-state index in [1.165, 1.54) is 0 Å². The number of carbonyl (C=O) groups is 1. The molecule has 1 unspecified atom stereocenters. The Bertz CT molecular complexity index is 442. The monoisotopic (exact) mass is 315 g/mol. The molecule has 0 amide bonds. The van der Waals surface area contributed by atoms with Gasteiger partial charge in [0.15, 0.2) is 0 Å². The van der Waals surface area contributed by atoms with Gasteiger partial charge in [-0.3, -0.25) is 4.79 Å². The summed E-state index contributed by atoms with van der Waals surface area (Å²) >= 11 is 7.80. The van der Waals surface area contributed by atoms with Crippen molar-refractivity contribution in [1.82, 2.24) is 5.32 Å². The van der Waals surface area contributed by atoms with Crippen molar-refractivity contribution in [3.63, 3.8) is 0 Å². The Labute approximate surface area is 130 Å². The van der Waals surface area contributed by atoms with Crippen molar-refractivity contribution < 1.29 is 9.90 Å². The summed E-state index contributed by atoms with van der Waals surface area (Å²) < 4.78 is 0. The molecular formula is C15H22ClNO2S. The minimum Gasteiger partial charge on any atom is -0.480 e. The van der Waals surface area contributed by atoms with Gasteiger partial charge in [0.05, 0.1) is 5.02 Å². The second kappa shape index (κ2) is 8.55. The molecule has 1 atom stereocenters. The van der Waals surface area contributed by atoms with Crippen molar-refractivity contribution >= 4 is 29.3 Å². The highest BCUT2D eigenvalue weighted by Gasteiger charge is 2.30. The maximum absolute atomic E-state index is 11.3. The molecule has 2 N–H and O–H groups in total. The summed E-state index contributed by atoms with van der Waals surface area (Å²) in [4.78, 5) is 12.3. The molecule has 3 nitrogen and oxygen atoms in total. The SMILES string of the molecule is CCNC(C)(CCCCSc1ccccc1Cl)C(=O)O. The number of likely N-dealkylation sites (N-methyl/N-ethyl adjacent to an activating group) is 1. The summed E-state index contributed by atoms with van der Waals surface area (Å²) in [6, 6.07) is 7.78. The summed E-state index contributed by atoms with van der Waals surface area (Å²) in [7, 11) is 0. The molecule has 0 bridgehead atoms. The quantitative estimate of drug-likeness (QED) is 0.533. The van der Waals surface area contributed by atoms with Gasteiger partial charge in [-0.15, -0.1) is 11.8 Å². The predicted octanol–water partition coefficient (Wildman–Crippen LogP) is 4.06. The van der Waals surface area contributed by atoms with Gasteiger partial charge in [-0.2, -0.15) is 0 Å². The highest BCUT2D eigenvalue weighted by atomic mass is 35.5. The van der Waals surface area contributed by atoms with Crippen LogP contribution in [0.5, 0.6) is 0 Å². The summed E-state index contributed by atoms with van der Waals surface area (Å²) in [6.45, 7) is 4.34. The zero-order valence-corrected chi connectivity index (χ0v) is 13.6. The van der Waals surface area contributed by atoms with E-state index >= 15 is 0 Å². The molecule has 0 heterocycles. The second-order valence-corrected chi connectivity index (χ2v) is 6.45. The lowest BCUT2D eigenvalue weighted by molar-refractivity contribution is -0.144. The third-order valence-corrected chi connectivity index (χ3v) is 4.81. The van der Waals surface area contributed by atoms with Crippen LogP contribution in [-0.2, 0) is 4.79 Å². The van der Waals surface area contributed by atoms with Crippen LogP contribution in [0.15, 0.2) is 29.2 Å². The molecule has 1 rings (SSSR count). The van der Waals surface area contributed by atoms with Gasteiger partial charge in [-0.05, 0) is 44.2 Å². The number of aliphatic carboxylic acids is 1. The van der Waals surface area contributed by atoms with E-state index < -0.39 is 11.5 Å². The average molecular weight is 316 g/mol. The fourth-order valence-electron chi connectivity index (χ4n) is 1.99. The Morgan fingerprint density at radius 2 is 2.10 bits per heavy atom. The summed E-state index contributed by atoms with van der Waals surface area (Å²) in [5.74, 6) is 0.170. The Morgan fingerprint density at radius 1 is 1.40 bits per heavy atom. The van der Waals surface area contributed by atoms with E-state index in [9.17, 15) is 9.90 Å². The van der Waals surface area contributed by atoms with Crippen LogP contribution in [0.1, 0.15) is 33.1 Å². The highest BCUT2D eigenvalue weighted by molar-refractivity contribution is 7.99. The van der Waals surface area contributed by atoms with Gasteiger partial charge in [-0.1, -0.05) is 37.1 Å². The largest absolute Gasteiger partial charge is 0.480 e. The molecule has 0 saturated heterocycles. The zero-order chi connectivity index (χ0) is 15.0. The lowest BCUT2D eigenvalue weighted by Gasteiger charge is -2.25. The van der Waals surface area contributed by atoms with Crippen LogP contribution in [0, 0.1) is 0 Å². The minimum absolute atomic E-state index is 0.638. The first kappa shape index (κ1) is 17.3. The predicted molar refractivity (Wildman–Crippen MR) is 85.7 cm³/mol. The third kappa shape index (κ3) is 5.35. The van der Waals surface area contributed by atoms with Crippen LogP contribution < -0.4 is 5.32 Å². The molecule has 1 aromatic carbocycles. The maximum atomic E-state index is 11.3. The number of hydrogen-bond acceptors (Lipinski definition) is 3. The summed E-state index contributed by atoms with van der Waals surface area (Å²) in [5.41, 5.74) is -0.816. The number of carboxylic acid groups (broad SMARTS) is 1. The third-order valence-electron chi connectivity index (χ3n) is 3.20. The van der Waals surface area contributed by atoms with Gasteiger partial charge >= 0.3 is 5.97 Å². The van der Waals surface area contributed by atoms with Gasteiger partial charge in [0.2, 0.25) is 0 Å². The molecule has 20 heavy (non-hydrogen) atoms. The number of nitrogens with one attached hydrogen (secondary N) is 1. The number of thioether (sulfide) groups is 1. The van der Waals surface area contributed by atoms with E-state index in [1.807, 2.05) is 31.2 Å². The molecule has 0 aliphatic rings. The molecule has 0 aliphatic carbocycles. The topological polar surface area (TPSA) is 49.3 Å². The Balaban J connectivity index is 2.31. The molecule has 0 fully saturated rings. The number of benzene rings is 1. The van der Waals surface area contributed by atoms with E-state index in [-0.39, 0.29) is 0 Å². The normalized spacial score (nSPS) is 13.9. The van der Waals surface area contributed by atoms with E-state index in [2.05, 4.69) is 5.32 Å². The van der Waals surface area contributed by atoms with E-state index in [0.717, 1.165) is 28.5 Å². The first-order chi connectivity index (χ1) is 9.49. The molecule has 0 aromatic heterocycles. The maximum Gasteiger partial charge on any atom is 0.323 e. The van der Waals surface area contributed by atoms with Crippen LogP contribution in [0.25, 0.3) is 0 Å². The standard InChI is InChI=1S/C15H22ClNO2S/c1-3-17-15(2,14(18)19)10-6-7-11-20-13-9-5-4-8-12(13)16/h4-5,8-9,17H,3,6-7,10-11H2,1-2H3,(H,18,19). The number of halogens is 1. The number of rotatable bonds is 9. The molecule has 0 aliphatic heterocycles. The van der Waals surface area contributed by atoms with Crippen LogP contribution in [-0.4, -0.2) is 28.9 Å². The molecular weight excluding hydrogens is 294 g/mol. The van der Waals surface area contributed by atoms with Crippen molar-refractivity contribution in [2.75, 3.05) is 12.3 Å². The number of unbranched alkanes of at least 4 members (excludes halogenated alkanes) is 1. The van der Waals surface area contributed by atoms with Gasteiger partial charge in [-0.25, -0.2) is 0 Å². The Kier molecular flexibility index (Phi) is 7.41. The van der Waals surface area contributed by atoms with Crippen molar-refractivity contribution in [3.05, 3.63) is 29.3 Å². The first-order valence-electron chi connectivity index (χ1n) is 6.85. The van der Waals surface area contributed by atoms with E-state index in [0.29, 0.717) is 13.0 Å². The number of hydrogen-bond donors (Lipinski definition) is 2. The fraction of sp³-hybridized carbons (Fsp3) is 0.533. The Hall–Kier alpha value is -0.710. The van der Waals surface area contributed by atoms with Crippen LogP contribution in [0.2, 0.25) is 5.02 Å². The van der Waals surface area contributed by atoms with Gasteiger partial charge in [0.25, 0.3) is 0 Å². The van der Waals surface area contributed by atoms with E-state index in [1.54, 1.807) is 18.7 Å². The summed E-state index contributed by atoms with van der Waals surface area (Å²) in [5, 5.41) is 13.1. The highest BCUT2D eigenvalue weighted by Crippen LogP contribution is 2.27. The van der Waals surface area contributed by atoms with Crippen molar-refractivity contribution in [2.24, 2.45) is 0 Å². The van der Waals surface area contributed by atoms with Gasteiger partial charge in [0.1, 0.15) is 5.54 Å². The fourth-order valence-corrected chi connectivity index (χ4v) is 3.23. The van der Waals surface area contributed by atoms with Crippen LogP contribution in [0.4, 0.5) is 0 Å². The van der Waals surface area contributed by atoms with Crippen molar-refractivity contribution in [2.45, 2.75) is 43.5 Å². The van der Waals surface area contributed by atoms with Crippen molar-refractivity contribution in [3.8, 4) is 0 Å². The lowest BCUT2D eigenvalue weighted by atomic mass is 9.95. The van der Waals surface area contributed by atoms with Crippen molar-refractivity contribution in [1.29, 1.82) is 0 Å².